The Bertz CT molecular complexity index is 1170. The lowest BCUT2D eigenvalue weighted by Crippen LogP contribution is -2.47. The molecule has 1 amide bonds. The number of aryl methyl sites for hydroxylation is 1. The number of carbonyl (C=O) groups excluding carboxylic acids is 1. The molecule has 1 aliphatic rings. The topological polar surface area (TPSA) is 111 Å². The summed E-state index contributed by atoms with van der Waals surface area (Å²) in [5.74, 6) is 1.26. The lowest BCUT2D eigenvalue weighted by Gasteiger charge is -2.35. The highest BCUT2D eigenvalue weighted by Gasteiger charge is 2.37. The van der Waals surface area contributed by atoms with Crippen LogP contribution in [0.2, 0.25) is 5.15 Å². The minimum atomic E-state index is -3.14. The second-order valence-corrected chi connectivity index (χ2v) is 12.6. The standard InChI is InChI=1S/C25H36ClN3O5S/c1-6-21-28-22(24(30)27-15-25(31)11-9-18(10-12-25)35(5,32)33)23(26)29(21)19-8-7-17(13-16(2)3)14-20(19)34-4/h7-8,14,16,18,31H,6,9-13,15H2,1-5H3,(H,27,30)/t18-,25+. The number of hydrogen-bond acceptors (Lipinski definition) is 6. The molecule has 2 aromatic rings. The van der Waals surface area contributed by atoms with Crippen LogP contribution in [0, 0.1) is 5.92 Å². The van der Waals surface area contributed by atoms with Crippen molar-refractivity contribution in [2.45, 2.75) is 70.1 Å². The fourth-order valence-corrected chi connectivity index (χ4v) is 6.05. The first-order valence-electron chi connectivity index (χ1n) is 12.0. The van der Waals surface area contributed by atoms with Crippen molar-refractivity contribution in [2.75, 3.05) is 19.9 Å². The maximum atomic E-state index is 13.0. The largest absolute Gasteiger partial charge is 0.495 e. The van der Waals surface area contributed by atoms with E-state index in [-0.39, 0.29) is 17.4 Å². The van der Waals surface area contributed by atoms with Crippen LogP contribution in [-0.4, -0.2) is 59.7 Å². The van der Waals surface area contributed by atoms with Gasteiger partial charge in [0, 0.05) is 19.2 Å². The molecule has 0 atom stereocenters. The summed E-state index contributed by atoms with van der Waals surface area (Å²) in [6.07, 6.45) is 4.01. The van der Waals surface area contributed by atoms with Gasteiger partial charge in [0.15, 0.2) is 5.69 Å². The Morgan fingerprint density at radius 3 is 2.54 bits per heavy atom. The number of carbonyl (C=O) groups is 1. The predicted octanol–water partition coefficient (Wildman–Crippen LogP) is 3.74. The van der Waals surface area contributed by atoms with Gasteiger partial charge in [-0.2, -0.15) is 0 Å². The lowest BCUT2D eigenvalue weighted by atomic mass is 9.84. The van der Waals surface area contributed by atoms with Gasteiger partial charge >= 0.3 is 0 Å². The van der Waals surface area contributed by atoms with Gasteiger partial charge in [0.25, 0.3) is 5.91 Å². The number of rotatable bonds is 9. The summed E-state index contributed by atoms with van der Waals surface area (Å²) in [7, 11) is -1.54. The molecule has 10 heteroatoms. The van der Waals surface area contributed by atoms with Gasteiger partial charge in [-0.15, -0.1) is 0 Å². The number of ether oxygens (including phenoxy) is 1. The molecule has 1 aliphatic carbocycles. The maximum Gasteiger partial charge on any atom is 0.273 e. The Kier molecular flexibility index (Phi) is 8.55. The fraction of sp³-hybridized carbons (Fsp3) is 0.600. The zero-order chi connectivity index (χ0) is 26.0. The van der Waals surface area contributed by atoms with E-state index < -0.39 is 26.6 Å². The number of benzene rings is 1. The second kappa shape index (κ2) is 10.9. The summed E-state index contributed by atoms with van der Waals surface area (Å²) in [5, 5.41) is 13.3. The summed E-state index contributed by atoms with van der Waals surface area (Å²) in [5.41, 5.74) is 0.762. The second-order valence-electron chi connectivity index (χ2n) is 9.90. The fourth-order valence-electron chi connectivity index (χ4n) is 4.64. The van der Waals surface area contributed by atoms with Crippen LogP contribution in [0.1, 0.15) is 68.3 Å². The third kappa shape index (κ3) is 6.37. The third-order valence-electron chi connectivity index (χ3n) is 6.60. The molecular formula is C25H36ClN3O5S. The van der Waals surface area contributed by atoms with E-state index in [2.05, 4.69) is 24.1 Å². The van der Waals surface area contributed by atoms with Gasteiger partial charge in [0.2, 0.25) is 0 Å². The molecule has 1 saturated carbocycles. The molecule has 0 saturated heterocycles. The van der Waals surface area contributed by atoms with Gasteiger partial charge in [-0.1, -0.05) is 38.4 Å². The van der Waals surface area contributed by atoms with Gasteiger partial charge in [0.1, 0.15) is 26.6 Å². The van der Waals surface area contributed by atoms with Gasteiger partial charge in [-0.25, -0.2) is 13.4 Å². The summed E-state index contributed by atoms with van der Waals surface area (Å²) >= 11 is 6.67. The van der Waals surface area contributed by atoms with E-state index in [9.17, 15) is 18.3 Å². The van der Waals surface area contributed by atoms with Gasteiger partial charge in [-0.05, 0) is 55.7 Å². The van der Waals surface area contributed by atoms with Gasteiger partial charge in [0.05, 0.1) is 23.6 Å². The number of amides is 1. The van der Waals surface area contributed by atoms with Gasteiger partial charge < -0.3 is 15.2 Å². The number of halogens is 1. The minimum Gasteiger partial charge on any atom is -0.495 e. The minimum absolute atomic E-state index is 0.000181. The number of imidazole rings is 1. The SMILES string of the molecule is CCc1nc(C(=O)NC[C@]2(O)CC[C@@H](S(C)(=O)=O)CC2)c(Cl)n1-c1ccc(CC(C)C)cc1OC. The molecule has 0 radical (unpaired) electrons. The molecule has 3 rings (SSSR count). The molecule has 0 aliphatic heterocycles. The summed E-state index contributed by atoms with van der Waals surface area (Å²) in [4.78, 5) is 17.5. The molecule has 2 N–H and O–H groups in total. The average molecular weight is 526 g/mol. The highest BCUT2D eigenvalue weighted by molar-refractivity contribution is 7.91. The molecule has 194 valence electrons. The Balaban J connectivity index is 1.80. The van der Waals surface area contributed by atoms with Crippen LogP contribution in [0.4, 0.5) is 0 Å². The Hall–Kier alpha value is -2.10. The smallest absolute Gasteiger partial charge is 0.273 e. The molecule has 1 fully saturated rings. The van der Waals surface area contributed by atoms with E-state index in [1.807, 2.05) is 25.1 Å². The van der Waals surface area contributed by atoms with Crippen molar-refractivity contribution in [2.24, 2.45) is 5.92 Å². The summed E-state index contributed by atoms with van der Waals surface area (Å²) in [6, 6.07) is 5.93. The average Bonchev–Trinajstić information content (AvgIpc) is 3.13. The summed E-state index contributed by atoms with van der Waals surface area (Å²) < 4.78 is 30.9. The van der Waals surface area contributed by atoms with Gasteiger partial charge in [-0.3, -0.25) is 9.36 Å². The number of aliphatic hydroxyl groups is 1. The van der Waals surface area contributed by atoms with E-state index in [0.717, 1.165) is 12.0 Å². The lowest BCUT2D eigenvalue weighted by molar-refractivity contribution is 0.00607. The Labute approximate surface area is 213 Å². The molecule has 35 heavy (non-hydrogen) atoms. The predicted molar refractivity (Wildman–Crippen MR) is 137 cm³/mol. The summed E-state index contributed by atoms with van der Waals surface area (Å²) in [6.45, 7) is 6.24. The van der Waals surface area contributed by atoms with E-state index in [1.54, 1.807) is 11.7 Å². The number of nitrogens with one attached hydrogen (secondary N) is 1. The third-order valence-corrected chi connectivity index (χ3v) is 8.63. The van der Waals surface area contributed by atoms with E-state index in [1.165, 1.54) is 6.26 Å². The number of aromatic nitrogens is 2. The quantitative estimate of drug-likeness (QED) is 0.516. The van der Waals surface area contributed by atoms with Crippen molar-refractivity contribution in [1.82, 2.24) is 14.9 Å². The molecule has 1 heterocycles. The molecule has 8 nitrogen and oxygen atoms in total. The first-order chi connectivity index (χ1) is 16.4. The van der Waals surface area contributed by atoms with Crippen LogP contribution >= 0.6 is 11.6 Å². The monoisotopic (exact) mass is 525 g/mol. The van der Waals surface area contributed by atoms with Crippen molar-refractivity contribution >= 4 is 27.3 Å². The number of sulfone groups is 1. The molecular weight excluding hydrogens is 490 g/mol. The number of hydrogen-bond donors (Lipinski definition) is 2. The van der Waals surface area contributed by atoms with Crippen molar-refractivity contribution in [3.05, 3.63) is 40.4 Å². The maximum absolute atomic E-state index is 13.0. The van der Waals surface area contributed by atoms with Crippen molar-refractivity contribution in [3.8, 4) is 11.4 Å². The first kappa shape index (κ1) is 27.5. The first-order valence-corrected chi connectivity index (χ1v) is 14.4. The van der Waals surface area contributed by atoms with Crippen molar-refractivity contribution in [1.29, 1.82) is 0 Å². The Morgan fingerprint density at radius 1 is 1.34 bits per heavy atom. The van der Waals surface area contributed by atoms with Crippen LogP contribution in [-0.2, 0) is 22.7 Å². The van der Waals surface area contributed by atoms with Crippen molar-refractivity contribution < 1.29 is 23.1 Å². The van der Waals surface area contributed by atoms with Crippen LogP contribution in [0.3, 0.4) is 0 Å². The van der Waals surface area contributed by atoms with Crippen LogP contribution < -0.4 is 10.1 Å². The zero-order valence-electron chi connectivity index (χ0n) is 21.1. The molecule has 1 aromatic heterocycles. The van der Waals surface area contributed by atoms with Crippen LogP contribution in [0.5, 0.6) is 5.75 Å². The van der Waals surface area contributed by atoms with Crippen molar-refractivity contribution in [3.63, 3.8) is 0 Å². The highest BCUT2D eigenvalue weighted by atomic mass is 35.5. The molecule has 0 bridgehead atoms. The van der Waals surface area contributed by atoms with Crippen LogP contribution in [0.25, 0.3) is 5.69 Å². The number of nitrogens with zero attached hydrogens (tertiary/aromatic N) is 2. The molecule has 1 aromatic carbocycles. The van der Waals surface area contributed by atoms with Crippen LogP contribution in [0.15, 0.2) is 18.2 Å². The zero-order valence-corrected chi connectivity index (χ0v) is 22.7. The van der Waals surface area contributed by atoms with E-state index in [0.29, 0.717) is 55.3 Å². The molecule has 0 spiro atoms. The highest BCUT2D eigenvalue weighted by Crippen LogP contribution is 2.33. The number of methoxy groups -OCH3 is 1. The molecule has 0 unspecified atom stereocenters. The van der Waals surface area contributed by atoms with E-state index in [4.69, 9.17) is 16.3 Å². The normalized spacial score (nSPS) is 20.7. The van der Waals surface area contributed by atoms with E-state index >= 15 is 0 Å². The Morgan fingerprint density at radius 2 is 2.00 bits per heavy atom.